The molecule has 0 fully saturated rings. The summed E-state index contributed by atoms with van der Waals surface area (Å²) in [5.74, 6) is 4.80. The monoisotopic (exact) mass is 284 g/mol. The number of halogens is 2. The molecule has 5 nitrogen and oxygen atoms in total. The molecule has 0 aliphatic rings. The number of hydrazine groups is 1. The fourth-order valence-corrected chi connectivity index (χ4v) is 1.61. The summed E-state index contributed by atoms with van der Waals surface area (Å²) in [5.41, 5.74) is 1.95. The highest BCUT2D eigenvalue weighted by atomic mass is 35.5. The summed E-state index contributed by atoms with van der Waals surface area (Å²) in [6.07, 6.45) is 0. The zero-order chi connectivity index (χ0) is 13.8. The molecule has 0 atom stereocenters. The van der Waals surface area contributed by atoms with E-state index in [2.05, 4.69) is 0 Å². The van der Waals surface area contributed by atoms with E-state index < -0.39 is 11.7 Å². The maximum Gasteiger partial charge on any atom is 0.300 e. The van der Waals surface area contributed by atoms with Crippen LogP contribution in [0.5, 0.6) is 5.75 Å². The normalized spacial score (nSPS) is 10.3. The molecule has 0 bridgehead atoms. The van der Waals surface area contributed by atoms with Crippen LogP contribution in [0.3, 0.4) is 0 Å². The second-order valence-electron chi connectivity index (χ2n) is 3.60. The van der Waals surface area contributed by atoms with Crippen molar-refractivity contribution in [3.05, 3.63) is 52.7 Å². The Morgan fingerprint density at radius 1 is 1.42 bits per heavy atom. The number of carbonyl (C=O) groups is 1. The molecule has 19 heavy (non-hydrogen) atoms. The van der Waals surface area contributed by atoms with Crippen LogP contribution < -0.4 is 16.0 Å². The molecule has 100 valence electrons. The lowest BCUT2D eigenvalue weighted by molar-refractivity contribution is 0.0922. The Morgan fingerprint density at radius 3 is 2.89 bits per heavy atom. The summed E-state index contributed by atoms with van der Waals surface area (Å²) in [6.45, 7) is 0.0587. The molecule has 0 spiro atoms. The topological polar surface area (TPSA) is 77.5 Å². The summed E-state index contributed by atoms with van der Waals surface area (Å²) in [6, 6.07) is 6.83. The minimum Gasteiger partial charge on any atom is -0.484 e. The van der Waals surface area contributed by atoms with Crippen LogP contribution in [0.25, 0.3) is 0 Å². The molecule has 0 radical (unpaired) electrons. The number of nitrogens with one attached hydrogen (secondary N) is 1. The highest BCUT2D eigenvalue weighted by Gasteiger charge is 2.10. The van der Waals surface area contributed by atoms with Gasteiger partial charge in [-0.2, -0.15) is 0 Å². The van der Waals surface area contributed by atoms with Gasteiger partial charge in [0, 0.05) is 0 Å². The standard InChI is InChI=1S/C12H10ClFN2O3/c13-9-5-7(14)1-3-10(9)18-6-8-2-4-11(19-8)12(17)16-15/h1-5H,6,15H2,(H,16,17). The van der Waals surface area contributed by atoms with Crippen molar-refractivity contribution < 1.29 is 18.3 Å². The highest BCUT2D eigenvalue weighted by Crippen LogP contribution is 2.25. The Labute approximate surface area is 113 Å². The largest absolute Gasteiger partial charge is 0.484 e. The number of rotatable bonds is 4. The third kappa shape index (κ3) is 3.24. The quantitative estimate of drug-likeness (QED) is 0.513. The van der Waals surface area contributed by atoms with E-state index in [0.29, 0.717) is 11.5 Å². The fraction of sp³-hybridized carbons (Fsp3) is 0.0833. The molecule has 0 aliphatic carbocycles. The average molecular weight is 285 g/mol. The number of nitrogen functional groups attached to an aromatic ring is 1. The summed E-state index contributed by atoms with van der Waals surface area (Å²) in [5, 5.41) is 0.159. The number of ether oxygens (including phenoxy) is 1. The van der Waals surface area contributed by atoms with Crippen molar-refractivity contribution >= 4 is 17.5 Å². The zero-order valence-corrected chi connectivity index (χ0v) is 10.4. The molecule has 3 N–H and O–H groups in total. The predicted octanol–water partition coefficient (Wildman–Crippen LogP) is 2.25. The molecule has 1 heterocycles. The van der Waals surface area contributed by atoms with Crippen molar-refractivity contribution in [3.8, 4) is 5.75 Å². The number of furan rings is 1. The van der Waals surface area contributed by atoms with E-state index in [0.717, 1.165) is 6.07 Å². The Balaban J connectivity index is 2.02. The molecular formula is C12H10ClFN2O3. The van der Waals surface area contributed by atoms with Gasteiger partial charge in [-0.3, -0.25) is 10.2 Å². The van der Waals surface area contributed by atoms with Gasteiger partial charge in [0.25, 0.3) is 0 Å². The van der Waals surface area contributed by atoms with Gasteiger partial charge in [0.1, 0.15) is 23.9 Å². The third-order valence-corrected chi connectivity index (χ3v) is 2.58. The number of nitrogens with two attached hydrogens (primary N) is 1. The first kappa shape index (κ1) is 13.4. The van der Waals surface area contributed by atoms with Crippen LogP contribution in [0, 0.1) is 5.82 Å². The van der Waals surface area contributed by atoms with E-state index in [-0.39, 0.29) is 17.4 Å². The molecular weight excluding hydrogens is 275 g/mol. The summed E-state index contributed by atoms with van der Waals surface area (Å²) < 4.78 is 23.4. The number of amides is 1. The number of benzene rings is 1. The summed E-state index contributed by atoms with van der Waals surface area (Å²) in [4.78, 5) is 11.2. The van der Waals surface area contributed by atoms with Crippen LogP contribution in [0.2, 0.25) is 5.02 Å². The smallest absolute Gasteiger partial charge is 0.300 e. The Morgan fingerprint density at radius 2 is 2.21 bits per heavy atom. The van der Waals surface area contributed by atoms with E-state index >= 15 is 0 Å². The first-order chi connectivity index (χ1) is 9.10. The average Bonchev–Trinajstić information content (AvgIpc) is 2.85. The lowest BCUT2D eigenvalue weighted by Crippen LogP contribution is -2.29. The van der Waals surface area contributed by atoms with Gasteiger partial charge in [-0.1, -0.05) is 11.6 Å². The molecule has 0 saturated carbocycles. The van der Waals surface area contributed by atoms with E-state index in [4.69, 9.17) is 26.6 Å². The van der Waals surface area contributed by atoms with E-state index in [1.54, 1.807) is 6.07 Å². The van der Waals surface area contributed by atoms with E-state index in [1.807, 2.05) is 5.43 Å². The maximum absolute atomic E-state index is 12.8. The maximum atomic E-state index is 12.8. The Kier molecular flexibility index (Phi) is 4.03. The van der Waals surface area contributed by atoms with Crippen LogP contribution in [-0.4, -0.2) is 5.91 Å². The molecule has 2 aromatic rings. The van der Waals surface area contributed by atoms with Crippen LogP contribution in [0.15, 0.2) is 34.7 Å². The number of carbonyl (C=O) groups excluding carboxylic acids is 1. The zero-order valence-electron chi connectivity index (χ0n) is 9.65. The molecule has 7 heteroatoms. The van der Waals surface area contributed by atoms with Crippen molar-refractivity contribution in [2.45, 2.75) is 6.61 Å². The van der Waals surface area contributed by atoms with Crippen molar-refractivity contribution in [3.63, 3.8) is 0 Å². The van der Waals surface area contributed by atoms with Gasteiger partial charge in [-0.25, -0.2) is 10.2 Å². The Hall–Kier alpha value is -2.05. The minimum atomic E-state index is -0.536. The highest BCUT2D eigenvalue weighted by molar-refractivity contribution is 6.32. The molecule has 0 aliphatic heterocycles. The van der Waals surface area contributed by atoms with E-state index in [1.165, 1.54) is 18.2 Å². The molecule has 0 unspecified atom stereocenters. The van der Waals surface area contributed by atoms with Crippen LogP contribution in [-0.2, 0) is 6.61 Å². The molecule has 2 rings (SSSR count). The van der Waals surface area contributed by atoms with Gasteiger partial charge in [0.15, 0.2) is 5.76 Å². The van der Waals surface area contributed by atoms with Gasteiger partial charge in [-0.15, -0.1) is 0 Å². The first-order valence-corrected chi connectivity index (χ1v) is 5.65. The SMILES string of the molecule is NNC(=O)c1ccc(COc2ccc(F)cc2Cl)o1. The van der Waals surface area contributed by atoms with Crippen molar-refractivity contribution in [2.24, 2.45) is 5.84 Å². The number of hydrogen-bond acceptors (Lipinski definition) is 4. The molecule has 1 aromatic carbocycles. The third-order valence-electron chi connectivity index (χ3n) is 2.28. The van der Waals surface area contributed by atoms with Gasteiger partial charge in [0.2, 0.25) is 0 Å². The van der Waals surface area contributed by atoms with Gasteiger partial charge < -0.3 is 9.15 Å². The van der Waals surface area contributed by atoms with Crippen LogP contribution in [0.4, 0.5) is 4.39 Å². The second-order valence-corrected chi connectivity index (χ2v) is 4.01. The predicted molar refractivity (Wildman–Crippen MR) is 66.1 cm³/mol. The van der Waals surface area contributed by atoms with Gasteiger partial charge in [0.05, 0.1) is 5.02 Å². The van der Waals surface area contributed by atoms with Crippen LogP contribution in [0.1, 0.15) is 16.3 Å². The lowest BCUT2D eigenvalue weighted by Gasteiger charge is -2.06. The van der Waals surface area contributed by atoms with Crippen molar-refractivity contribution in [2.75, 3.05) is 0 Å². The van der Waals surface area contributed by atoms with E-state index in [9.17, 15) is 9.18 Å². The minimum absolute atomic E-state index is 0.0587. The van der Waals surface area contributed by atoms with Gasteiger partial charge in [-0.05, 0) is 30.3 Å². The number of hydrogen-bond donors (Lipinski definition) is 2. The summed E-state index contributed by atoms with van der Waals surface area (Å²) >= 11 is 5.80. The molecule has 1 aromatic heterocycles. The molecule has 0 saturated heterocycles. The lowest BCUT2D eigenvalue weighted by atomic mass is 10.3. The molecule has 1 amide bonds. The first-order valence-electron chi connectivity index (χ1n) is 5.27. The van der Waals surface area contributed by atoms with Crippen LogP contribution >= 0.6 is 11.6 Å². The Bertz CT molecular complexity index is 600. The van der Waals surface area contributed by atoms with Crippen molar-refractivity contribution in [1.29, 1.82) is 0 Å². The van der Waals surface area contributed by atoms with Crippen molar-refractivity contribution in [1.82, 2.24) is 5.43 Å². The van der Waals surface area contributed by atoms with Gasteiger partial charge >= 0.3 is 5.91 Å². The second kappa shape index (κ2) is 5.73. The fourth-order valence-electron chi connectivity index (χ4n) is 1.39. The summed E-state index contributed by atoms with van der Waals surface area (Å²) in [7, 11) is 0.